The standard InChI is InChI=1S/C19H17N3O2/c1-12-18-16(13-6-5-9-15(23)10-13)11-17(24)20-19(18)22(21-12)14-7-3-2-4-8-14/h2-10,16,23H,11H2,1H3,(H,20,24)/t16-/m1/s1. The minimum Gasteiger partial charge on any atom is -0.508 e. The maximum absolute atomic E-state index is 12.3. The van der Waals surface area contributed by atoms with E-state index >= 15 is 0 Å². The molecule has 0 saturated heterocycles. The Bertz CT molecular complexity index is 916. The molecule has 2 aromatic carbocycles. The molecule has 0 aliphatic carbocycles. The van der Waals surface area contributed by atoms with E-state index in [4.69, 9.17) is 0 Å². The van der Waals surface area contributed by atoms with Crippen molar-refractivity contribution < 1.29 is 9.90 Å². The molecule has 0 saturated carbocycles. The van der Waals surface area contributed by atoms with Crippen LogP contribution in [0.3, 0.4) is 0 Å². The van der Waals surface area contributed by atoms with Crippen LogP contribution >= 0.6 is 0 Å². The highest BCUT2D eigenvalue weighted by Gasteiger charge is 2.32. The molecule has 120 valence electrons. The first kappa shape index (κ1) is 14.5. The van der Waals surface area contributed by atoms with Crippen molar-refractivity contribution in [3.63, 3.8) is 0 Å². The van der Waals surface area contributed by atoms with Crippen molar-refractivity contribution in [1.82, 2.24) is 9.78 Å². The van der Waals surface area contributed by atoms with Gasteiger partial charge in [-0.2, -0.15) is 5.10 Å². The van der Waals surface area contributed by atoms with Gasteiger partial charge in [-0.15, -0.1) is 0 Å². The highest BCUT2D eigenvalue weighted by atomic mass is 16.3. The lowest BCUT2D eigenvalue weighted by Gasteiger charge is -2.24. The van der Waals surface area contributed by atoms with Gasteiger partial charge in [0.25, 0.3) is 0 Å². The summed E-state index contributed by atoms with van der Waals surface area (Å²) in [5, 5.41) is 17.4. The number of benzene rings is 2. The molecule has 4 rings (SSSR count). The van der Waals surface area contributed by atoms with E-state index in [0.29, 0.717) is 12.2 Å². The predicted octanol–water partition coefficient (Wildman–Crippen LogP) is 3.36. The fourth-order valence-electron chi connectivity index (χ4n) is 3.33. The van der Waals surface area contributed by atoms with Gasteiger partial charge in [0, 0.05) is 17.9 Å². The van der Waals surface area contributed by atoms with Gasteiger partial charge in [-0.05, 0) is 36.8 Å². The molecule has 0 spiro atoms. The molecule has 1 amide bonds. The van der Waals surface area contributed by atoms with E-state index in [9.17, 15) is 9.90 Å². The van der Waals surface area contributed by atoms with Gasteiger partial charge in [0.1, 0.15) is 11.6 Å². The number of carbonyl (C=O) groups is 1. The van der Waals surface area contributed by atoms with Crippen LogP contribution in [0.25, 0.3) is 5.69 Å². The first-order chi connectivity index (χ1) is 11.6. The Morgan fingerprint density at radius 1 is 1.17 bits per heavy atom. The Balaban J connectivity index is 1.89. The number of hydrogen-bond acceptors (Lipinski definition) is 3. The fourth-order valence-corrected chi connectivity index (χ4v) is 3.33. The smallest absolute Gasteiger partial charge is 0.226 e. The first-order valence-electron chi connectivity index (χ1n) is 7.87. The van der Waals surface area contributed by atoms with Gasteiger partial charge in [-0.1, -0.05) is 30.3 Å². The Labute approximate surface area is 139 Å². The zero-order valence-corrected chi connectivity index (χ0v) is 13.2. The van der Waals surface area contributed by atoms with Gasteiger partial charge in [-0.3, -0.25) is 4.79 Å². The molecular weight excluding hydrogens is 302 g/mol. The third-order valence-corrected chi connectivity index (χ3v) is 4.38. The van der Waals surface area contributed by atoms with Crippen molar-refractivity contribution in [1.29, 1.82) is 0 Å². The third kappa shape index (κ3) is 2.34. The van der Waals surface area contributed by atoms with Crippen molar-refractivity contribution >= 4 is 11.7 Å². The monoisotopic (exact) mass is 319 g/mol. The zero-order chi connectivity index (χ0) is 16.7. The molecule has 0 unspecified atom stereocenters. The summed E-state index contributed by atoms with van der Waals surface area (Å²) in [4.78, 5) is 12.3. The summed E-state index contributed by atoms with van der Waals surface area (Å²) in [6.07, 6.45) is 0.345. The number of anilines is 1. The second-order valence-electron chi connectivity index (χ2n) is 5.99. The highest BCUT2D eigenvalue weighted by molar-refractivity contribution is 5.95. The van der Waals surface area contributed by atoms with Gasteiger partial charge in [-0.25, -0.2) is 4.68 Å². The second kappa shape index (κ2) is 5.53. The number of phenolic OH excluding ortho intramolecular Hbond substituents is 1. The molecular formula is C19H17N3O2. The van der Waals surface area contributed by atoms with Gasteiger partial charge in [0.15, 0.2) is 0 Å². The van der Waals surface area contributed by atoms with Crippen molar-refractivity contribution in [2.75, 3.05) is 5.32 Å². The van der Waals surface area contributed by atoms with Crippen LogP contribution in [0, 0.1) is 6.92 Å². The number of para-hydroxylation sites is 1. The summed E-state index contributed by atoms with van der Waals surface area (Å²) in [5.41, 5.74) is 3.70. The minimum absolute atomic E-state index is 0.0482. The van der Waals surface area contributed by atoms with Crippen LogP contribution in [-0.2, 0) is 4.79 Å². The lowest BCUT2D eigenvalue weighted by molar-refractivity contribution is -0.116. The predicted molar refractivity (Wildman–Crippen MR) is 91.5 cm³/mol. The molecule has 0 bridgehead atoms. The Kier molecular flexibility index (Phi) is 3.34. The average molecular weight is 319 g/mol. The van der Waals surface area contributed by atoms with Crippen molar-refractivity contribution in [3.8, 4) is 11.4 Å². The molecule has 0 radical (unpaired) electrons. The van der Waals surface area contributed by atoms with Gasteiger partial charge in [0.05, 0.1) is 11.4 Å². The second-order valence-corrected chi connectivity index (χ2v) is 5.99. The maximum Gasteiger partial charge on any atom is 0.226 e. The van der Waals surface area contributed by atoms with E-state index in [1.165, 1.54) is 0 Å². The van der Waals surface area contributed by atoms with E-state index in [2.05, 4.69) is 10.4 Å². The van der Waals surface area contributed by atoms with Crippen molar-refractivity contribution in [2.24, 2.45) is 0 Å². The molecule has 2 N–H and O–H groups in total. The summed E-state index contributed by atoms with van der Waals surface area (Å²) in [7, 11) is 0. The number of carbonyl (C=O) groups excluding carboxylic acids is 1. The largest absolute Gasteiger partial charge is 0.508 e. The molecule has 5 heteroatoms. The van der Waals surface area contributed by atoms with E-state index in [0.717, 1.165) is 22.5 Å². The number of aromatic nitrogens is 2. The van der Waals surface area contributed by atoms with Crippen LogP contribution < -0.4 is 5.32 Å². The maximum atomic E-state index is 12.3. The summed E-state index contributed by atoms with van der Waals surface area (Å²) < 4.78 is 1.78. The van der Waals surface area contributed by atoms with Gasteiger partial charge >= 0.3 is 0 Å². The molecule has 1 aromatic heterocycles. The molecule has 5 nitrogen and oxygen atoms in total. The lowest BCUT2D eigenvalue weighted by atomic mass is 9.86. The Hall–Kier alpha value is -3.08. The lowest BCUT2D eigenvalue weighted by Crippen LogP contribution is -2.24. The molecule has 0 fully saturated rings. The molecule has 1 aliphatic heterocycles. The fraction of sp³-hybridized carbons (Fsp3) is 0.158. The first-order valence-corrected chi connectivity index (χ1v) is 7.87. The van der Waals surface area contributed by atoms with Crippen molar-refractivity contribution in [2.45, 2.75) is 19.3 Å². The number of hydrogen-bond donors (Lipinski definition) is 2. The zero-order valence-electron chi connectivity index (χ0n) is 13.2. The number of nitrogens with one attached hydrogen (secondary N) is 1. The van der Waals surface area contributed by atoms with Crippen LogP contribution in [0.15, 0.2) is 54.6 Å². The van der Waals surface area contributed by atoms with Crippen LogP contribution in [-0.4, -0.2) is 20.8 Å². The number of phenols is 1. The summed E-state index contributed by atoms with van der Waals surface area (Å²) in [6, 6.07) is 16.8. The SMILES string of the molecule is Cc1nn(-c2ccccc2)c2c1[C@@H](c1cccc(O)c1)CC(=O)N2. The highest BCUT2D eigenvalue weighted by Crippen LogP contribution is 2.40. The quantitative estimate of drug-likeness (QED) is 0.761. The summed E-state index contributed by atoms with van der Waals surface area (Å²) in [5.74, 6) is 0.752. The Morgan fingerprint density at radius 3 is 2.71 bits per heavy atom. The van der Waals surface area contributed by atoms with Crippen LogP contribution in [0.5, 0.6) is 5.75 Å². The van der Waals surface area contributed by atoms with E-state index in [1.54, 1.807) is 22.9 Å². The molecule has 1 atom stereocenters. The average Bonchev–Trinajstić information content (AvgIpc) is 2.91. The van der Waals surface area contributed by atoms with E-state index in [1.807, 2.05) is 43.3 Å². The van der Waals surface area contributed by atoms with E-state index < -0.39 is 0 Å². The molecule has 24 heavy (non-hydrogen) atoms. The third-order valence-electron chi connectivity index (χ3n) is 4.38. The van der Waals surface area contributed by atoms with Crippen LogP contribution in [0.1, 0.15) is 29.2 Å². The number of aryl methyl sites for hydroxylation is 1. The topological polar surface area (TPSA) is 67.1 Å². The van der Waals surface area contributed by atoms with Crippen molar-refractivity contribution in [3.05, 3.63) is 71.4 Å². The molecule has 2 heterocycles. The number of rotatable bonds is 2. The van der Waals surface area contributed by atoms with Crippen LogP contribution in [0.2, 0.25) is 0 Å². The van der Waals surface area contributed by atoms with E-state index in [-0.39, 0.29) is 17.6 Å². The summed E-state index contributed by atoms with van der Waals surface area (Å²) >= 11 is 0. The van der Waals surface area contributed by atoms with Crippen LogP contribution in [0.4, 0.5) is 5.82 Å². The Morgan fingerprint density at radius 2 is 1.96 bits per heavy atom. The minimum atomic E-state index is -0.113. The molecule has 3 aromatic rings. The number of amides is 1. The summed E-state index contributed by atoms with van der Waals surface area (Å²) in [6.45, 7) is 1.95. The number of nitrogens with zero attached hydrogens (tertiary/aromatic N) is 2. The van der Waals surface area contributed by atoms with Gasteiger partial charge < -0.3 is 10.4 Å². The number of fused-ring (bicyclic) bond motifs is 1. The van der Waals surface area contributed by atoms with Gasteiger partial charge in [0.2, 0.25) is 5.91 Å². The normalized spacial score (nSPS) is 16.5. The number of aromatic hydroxyl groups is 1. The molecule has 1 aliphatic rings.